The highest BCUT2D eigenvalue weighted by Crippen LogP contribution is 2.04. The average molecular weight is 160 g/mol. The van der Waals surface area contributed by atoms with E-state index in [1.54, 1.807) is 0 Å². The van der Waals surface area contributed by atoms with E-state index in [2.05, 4.69) is 5.32 Å². The van der Waals surface area contributed by atoms with Crippen LogP contribution in [0.3, 0.4) is 0 Å². The van der Waals surface area contributed by atoms with E-state index in [1.165, 1.54) is 0 Å². The summed E-state index contributed by atoms with van der Waals surface area (Å²) in [6, 6.07) is 0. The van der Waals surface area contributed by atoms with Gasteiger partial charge in [0.2, 0.25) is 0 Å². The van der Waals surface area contributed by atoms with E-state index in [4.69, 9.17) is 5.11 Å². The van der Waals surface area contributed by atoms with Gasteiger partial charge in [-0.2, -0.15) is 0 Å². The molecular formula is C6H12N2O3. The Morgan fingerprint density at radius 2 is 2.09 bits per heavy atom. The van der Waals surface area contributed by atoms with E-state index in [-0.39, 0.29) is 6.54 Å². The minimum Gasteiger partial charge on any atom is -0.632 e. The minimum absolute atomic E-state index is 0.304. The number of nitrogens with zero attached hydrogens (tertiary/aromatic N) is 1. The number of quaternary nitrogens is 1. The van der Waals surface area contributed by atoms with Crippen LogP contribution in [0.25, 0.3) is 0 Å². The average Bonchev–Trinajstić information content (AvgIpc) is 1.85. The fourth-order valence-corrected chi connectivity index (χ4v) is 1.21. The number of rotatable bonds is 2. The number of hydrogen-bond donors (Lipinski definition) is 2. The molecule has 0 spiro atoms. The molecule has 2 N–H and O–H groups in total. The molecule has 0 bridgehead atoms. The molecule has 0 aromatic heterocycles. The van der Waals surface area contributed by atoms with Gasteiger partial charge in [0.25, 0.3) is 0 Å². The quantitative estimate of drug-likeness (QED) is 0.401. The molecule has 0 amide bonds. The van der Waals surface area contributed by atoms with E-state index in [0.29, 0.717) is 26.2 Å². The maximum atomic E-state index is 11.4. The number of hydrogen-bond acceptors (Lipinski definition) is 3. The van der Waals surface area contributed by atoms with Gasteiger partial charge in [-0.05, 0) is 0 Å². The van der Waals surface area contributed by atoms with Crippen molar-refractivity contribution in [1.82, 2.24) is 5.32 Å². The predicted molar refractivity (Wildman–Crippen MR) is 38.7 cm³/mol. The fraction of sp³-hybridized carbons (Fsp3) is 0.833. The van der Waals surface area contributed by atoms with Crippen LogP contribution in [-0.2, 0) is 4.79 Å². The third-order valence-corrected chi connectivity index (χ3v) is 1.82. The molecule has 0 aromatic rings. The highest BCUT2D eigenvalue weighted by atomic mass is 16.5. The summed E-state index contributed by atoms with van der Waals surface area (Å²) in [5.74, 6) is -1.01. The Labute approximate surface area is 64.8 Å². The third kappa shape index (κ3) is 2.45. The lowest BCUT2D eigenvalue weighted by Gasteiger charge is -2.44. The van der Waals surface area contributed by atoms with Crippen molar-refractivity contribution in [2.24, 2.45) is 0 Å². The van der Waals surface area contributed by atoms with Gasteiger partial charge >= 0.3 is 5.97 Å². The number of nitrogens with one attached hydrogen (secondary N) is 1. The largest absolute Gasteiger partial charge is 0.632 e. The van der Waals surface area contributed by atoms with Crippen molar-refractivity contribution in [1.29, 1.82) is 0 Å². The molecular weight excluding hydrogens is 148 g/mol. The van der Waals surface area contributed by atoms with Crippen LogP contribution in [0.5, 0.6) is 0 Å². The van der Waals surface area contributed by atoms with E-state index >= 15 is 0 Å². The predicted octanol–water partition coefficient (Wildman–Crippen LogP) is -1.01. The normalized spacial score (nSPS) is 23.0. The summed E-state index contributed by atoms with van der Waals surface area (Å²) in [4.78, 5) is 10.2. The number of hydroxylamine groups is 3. The summed E-state index contributed by atoms with van der Waals surface area (Å²) in [6.07, 6.45) is 0. The van der Waals surface area contributed by atoms with Crippen LogP contribution in [-0.4, -0.2) is 48.4 Å². The van der Waals surface area contributed by atoms with Crippen LogP contribution in [0.4, 0.5) is 0 Å². The molecule has 0 aromatic carbocycles. The monoisotopic (exact) mass is 160 g/mol. The maximum absolute atomic E-state index is 11.4. The second-order valence-corrected chi connectivity index (χ2v) is 2.81. The summed E-state index contributed by atoms with van der Waals surface area (Å²) >= 11 is 0. The van der Waals surface area contributed by atoms with Crippen LogP contribution < -0.4 is 5.32 Å². The molecule has 0 aliphatic carbocycles. The van der Waals surface area contributed by atoms with Gasteiger partial charge in [-0.1, -0.05) is 0 Å². The highest BCUT2D eigenvalue weighted by Gasteiger charge is 2.22. The van der Waals surface area contributed by atoms with Crippen molar-refractivity contribution in [2.45, 2.75) is 0 Å². The van der Waals surface area contributed by atoms with Crippen molar-refractivity contribution >= 4 is 5.97 Å². The van der Waals surface area contributed by atoms with Gasteiger partial charge in [-0.25, -0.2) is 4.79 Å². The molecule has 5 heteroatoms. The molecule has 1 aliphatic rings. The van der Waals surface area contributed by atoms with Crippen LogP contribution in [0, 0.1) is 5.21 Å². The first-order valence-corrected chi connectivity index (χ1v) is 3.62. The molecule has 11 heavy (non-hydrogen) atoms. The van der Waals surface area contributed by atoms with Gasteiger partial charge in [0, 0.05) is 13.1 Å². The maximum Gasteiger partial charge on any atom is 0.359 e. The van der Waals surface area contributed by atoms with E-state index in [9.17, 15) is 10.0 Å². The van der Waals surface area contributed by atoms with Gasteiger partial charge in [0.1, 0.15) is 0 Å². The SMILES string of the molecule is O=C(O)C[N+]1([O-])CCNCC1. The molecule has 5 nitrogen and oxygen atoms in total. The molecule has 1 heterocycles. The zero-order valence-electron chi connectivity index (χ0n) is 6.25. The first-order chi connectivity index (χ1) is 5.12. The van der Waals surface area contributed by atoms with Crippen molar-refractivity contribution < 1.29 is 14.5 Å². The van der Waals surface area contributed by atoms with Gasteiger partial charge in [-0.3, -0.25) is 0 Å². The number of carbonyl (C=O) groups is 1. The Balaban J connectivity index is 2.43. The van der Waals surface area contributed by atoms with Crippen LogP contribution in [0.1, 0.15) is 0 Å². The third-order valence-electron chi connectivity index (χ3n) is 1.82. The molecule has 0 radical (unpaired) electrons. The summed E-state index contributed by atoms with van der Waals surface area (Å²) < 4.78 is -0.581. The molecule has 64 valence electrons. The Kier molecular flexibility index (Phi) is 2.43. The van der Waals surface area contributed by atoms with E-state index in [1.807, 2.05) is 0 Å². The van der Waals surface area contributed by atoms with Crippen LogP contribution in [0.15, 0.2) is 0 Å². The Morgan fingerprint density at radius 1 is 1.55 bits per heavy atom. The summed E-state index contributed by atoms with van der Waals surface area (Å²) in [5, 5.41) is 22.8. The minimum atomic E-state index is -1.01. The fourth-order valence-electron chi connectivity index (χ4n) is 1.21. The smallest absolute Gasteiger partial charge is 0.359 e. The molecule has 1 aliphatic heterocycles. The molecule has 1 saturated heterocycles. The van der Waals surface area contributed by atoms with E-state index < -0.39 is 10.6 Å². The lowest BCUT2D eigenvalue weighted by molar-refractivity contribution is -0.875. The second kappa shape index (κ2) is 3.17. The summed E-state index contributed by atoms with van der Waals surface area (Å²) in [5.41, 5.74) is 0. The zero-order valence-corrected chi connectivity index (χ0v) is 6.25. The number of carboxylic acid groups (broad SMARTS) is 1. The van der Waals surface area contributed by atoms with Crippen molar-refractivity contribution in [3.63, 3.8) is 0 Å². The molecule has 1 fully saturated rings. The van der Waals surface area contributed by atoms with Crippen molar-refractivity contribution in [3.8, 4) is 0 Å². The Hall–Kier alpha value is -0.650. The summed E-state index contributed by atoms with van der Waals surface area (Å²) in [7, 11) is 0. The molecule has 0 unspecified atom stereocenters. The van der Waals surface area contributed by atoms with Gasteiger partial charge in [0.15, 0.2) is 6.54 Å². The van der Waals surface area contributed by atoms with Crippen LogP contribution >= 0.6 is 0 Å². The highest BCUT2D eigenvalue weighted by molar-refractivity contribution is 5.68. The zero-order chi connectivity index (χ0) is 8.32. The molecule has 1 rings (SSSR count). The second-order valence-electron chi connectivity index (χ2n) is 2.81. The van der Waals surface area contributed by atoms with E-state index in [0.717, 1.165) is 0 Å². The first-order valence-electron chi connectivity index (χ1n) is 3.62. The van der Waals surface area contributed by atoms with Crippen LogP contribution in [0.2, 0.25) is 0 Å². The standard InChI is InChI=1S/C6H12N2O3/c9-6(10)5-8(11)3-1-7-2-4-8/h7H,1-5H2,(H,9,10). The molecule has 0 saturated carbocycles. The molecule has 0 atom stereocenters. The van der Waals surface area contributed by atoms with Crippen molar-refractivity contribution in [2.75, 3.05) is 32.7 Å². The summed E-state index contributed by atoms with van der Waals surface area (Å²) in [6.45, 7) is 1.67. The Bertz CT molecular complexity index is 154. The number of carboxylic acids is 1. The Morgan fingerprint density at radius 3 is 2.55 bits per heavy atom. The lowest BCUT2D eigenvalue weighted by atomic mass is 10.3. The first kappa shape index (κ1) is 8.45. The lowest BCUT2D eigenvalue weighted by Crippen LogP contribution is -2.56. The number of piperazine rings is 1. The van der Waals surface area contributed by atoms with Gasteiger partial charge in [0.05, 0.1) is 13.1 Å². The topological polar surface area (TPSA) is 72.4 Å². The van der Waals surface area contributed by atoms with Gasteiger partial charge in [-0.15, -0.1) is 0 Å². The van der Waals surface area contributed by atoms with Crippen molar-refractivity contribution in [3.05, 3.63) is 5.21 Å². The van der Waals surface area contributed by atoms with Gasteiger partial charge < -0.3 is 20.3 Å². The number of aliphatic carboxylic acids is 1.